The maximum atomic E-state index is 12.8. The highest BCUT2D eigenvalue weighted by Gasteiger charge is 2.34. The van der Waals surface area contributed by atoms with Gasteiger partial charge in [0.15, 0.2) is 5.78 Å². The quantitative estimate of drug-likeness (QED) is 0.684. The molecule has 0 spiro atoms. The second kappa shape index (κ2) is 9.23. The van der Waals surface area contributed by atoms with Gasteiger partial charge in [0.25, 0.3) is 5.91 Å². The average Bonchev–Trinajstić information content (AvgIpc) is 3.23. The van der Waals surface area contributed by atoms with Crippen molar-refractivity contribution in [2.75, 3.05) is 6.54 Å². The van der Waals surface area contributed by atoms with Crippen LogP contribution in [-0.4, -0.2) is 35.1 Å². The van der Waals surface area contributed by atoms with Gasteiger partial charge in [-0.15, -0.1) is 11.3 Å². The molecule has 2 aromatic rings. The third-order valence-corrected chi connectivity index (χ3v) is 5.16. The molecule has 1 aromatic carbocycles. The zero-order valence-electron chi connectivity index (χ0n) is 14.9. The molecule has 146 valence electrons. The number of rotatable bonds is 7. The van der Waals surface area contributed by atoms with Crippen LogP contribution >= 0.6 is 11.3 Å². The number of aromatic nitrogens is 1. The van der Waals surface area contributed by atoms with Crippen LogP contribution < -0.4 is 10.6 Å². The molecule has 2 N–H and O–H groups in total. The highest BCUT2D eigenvalue weighted by molar-refractivity contribution is 7.09. The monoisotopic (exact) mass is 401 g/mol. The predicted octanol–water partition coefficient (Wildman–Crippen LogP) is 1.77. The van der Waals surface area contributed by atoms with Crippen LogP contribution in [0, 0.1) is 5.92 Å². The summed E-state index contributed by atoms with van der Waals surface area (Å²) in [4.78, 5) is 52.6. The van der Waals surface area contributed by atoms with Crippen molar-refractivity contribution < 1.29 is 23.9 Å². The maximum Gasteiger partial charge on any atom is 0.408 e. The summed E-state index contributed by atoms with van der Waals surface area (Å²) in [5.41, 5.74) is 0.814. The second-order valence-electron chi connectivity index (χ2n) is 6.29. The van der Waals surface area contributed by atoms with Crippen molar-refractivity contribution in [2.24, 2.45) is 5.92 Å². The number of alkyl carbamates (subject to hydrolysis) is 1. The zero-order chi connectivity index (χ0) is 19.9. The van der Waals surface area contributed by atoms with Crippen LogP contribution in [0.5, 0.6) is 0 Å². The van der Waals surface area contributed by atoms with Crippen molar-refractivity contribution >= 4 is 34.9 Å². The molecule has 0 bridgehead atoms. The number of carbonyl (C=O) groups is 4. The van der Waals surface area contributed by atoms with E-state index in [1.807, 2.05) is 30.3 Å². The van der Waals surface area contributed by atoms with Crippen molar-refractivity contribution in [3.05, 3.63) is 52.5 Å². The summed E-state index contributed by atoms with van der Waals surface area (Å²) >= 11 is 1.21. The Morgan fingerprint density at radius 2 is 2.07 bits per heavy atom. The minimum atomic E-state index is -1.03. The van der Waals surface area contributed by atoms with Gasteiger partial charge < -0.3 is 15.4 Å². The minimum absolute atomic E-state index is 0.0622. The van der Waals surface area contributed by atoms with Gasteiger partial charge in [0.05, 0.1) is 0 Å². The number of nitrogens with one attached hydrogen (secondary N) is 2. The molecule has 0 radical (unpaired) electrons. The van der Waals surface area contributed by atoms with Gasteiger partial charge in [0, 0.05) is 30.5 Å². The van der Waals surface area contributed by atoms with E-state index in [1.165, 1.54) is 17.5 Å². The molecule has 3 rings (SSSR count). The Morgan fingerprint density at radius 1 is 1.29 bits per heavy atom. The first kappa shape index (κ1) is 19.7. The summed E-state index contributed by atoms with van der Waals surface area (Å²) in [7, 11) is 0. The first-order valence-electron chi connectivity index (χ1n) is 8.76. The fourth-order valence-corrected chi connectivity index (χ4v) is 3.57. The third-order valence-electron chi connectivity index (χ3n) is 4.32. The molecule has 2 atom stereocenters. The maximum absolute atomic E-state index is 12.8. The van der Waals surface area contributed by atoms with Gasteiger partial charge in [-0.25, -0.2) is 9.78 Å². The molecular formula is C19H19N3O5S. The molecule has 2 unspecified atom stereocenters. The number of nitrogens with zero attached hydrogens (tertiary/aromatic N) is 1. The van der Waals surface area contributed by atoms with E-state index in [2.05, 4.69) is 15.6 Å². The second-order valence-corrected chi connectivity index (χ2v) is 7.21. The molecule has 1 aliphatic rings. The number of hydrogen-bond acceptors (Lipinski definition) is 7. The first-order valence-corrected chi connectivity index (χ1v) is 9.64. The van der Waals surface area contributed by atoms with E-state index in [0.29, 0.717) is 18.0 Å². The Bertz CT molecular complexity index is 854. The van der Waals surface area contributed by atoms with Crippen LogP contribution in [0.15, 0.2) is 41.9 Å². The van der Waals surface area contributed by atoms with Gasteiger partial charge in [-0.05, 0) is 12.0 Å². The van der Waals surface area contributed by atoms with Crippen molar-refractivity contribution in [1.29, 1.82) is 0 Å². The van der Waals surface area contributed by atoms with E-state index in [0.717, 1.165) is 5.56 Å². The van der Waals surface area contributed by atoms with Gasteiger partial charge in [0.2, 0.25) is 5.78 Å². The number of Topliss-reactive ketones (excluding diaryl/α,β-unsaturated/α-hetero) is 2. The fourth-order valence-electron chi connectivity index (χ4n) is 2.86. The Balaban J connectivity index is 1.64. The lowest BCUT2D eigenvalue weighted by Gasteiger charge is -2.22. The number of carbonyl (C=O) groups excluding carboxylic acids is 4. The first-order chi connectivity index (χ1) is 13.5. The van der Waals surface area contributed by atoms with Crippen LogP contribution in [0.3, 0.4) is 0 Å². The van der Waals surface area contributed by atoms with Crippen LogP contribution in [-0.2, 0) is 25.7 Å². The van der Waals surface area contributed by atoms with E-state index in [9.17, 15) is 19.2 Å². The fraction of sp³-hybridized carbons (Fsp3) is 0.316. The lowest BCUT2D eigenvalue weighted by Crippen LogP contribution is -2.44. The van der Waals surface area contributed by atoms with E-state index < -0.39 is 29.7 Å². The van der Waals surface area contributed by atoms with Crippen molar-refractivity contribution in [3.63, 3.8) is 0 Å². The van der Waals surface area contributed by atoms with Gasteiger partial charge in [-0.3, -0.25) is 14.4 Å². The van der Waals surface area contributed by atoms with Gasteiger partial charge in [0.1, 0.15) is 17.7 Å². The van der Waals surface area contributed by atoms with Crippen LogP contribution in [0.25, 0.3) is 0 Å². The SMILES string of the molecule is O=C(NC(C(=O)CC1CCNC(=O)C1=O)c1nccs1)OCc1ccccc1. The van der Waals surface area contributed by atoms with Crippen molar-refractivity contribution in [1.82, 2.24) is 15.6 Å². The number of benzene rings is 1. The minimum Gasteiger partial charge on any atom is -0.445 e. The third kappa shape index (κ3) is 5.01. The van der Waals surface area contributed by atoms with Gasteiger partial charge in [-0.2, -0.15) is 0 Å². The molecule has 2 heterocycles. The number of thiazole rings is 1. The summed E-state index contributed by atoms with van der Waals surface area (Å²) in [6.45, 7) is 0.406. The molecule has 1 fully saturated rings. The standard InChI is InChI=1S/C19H19N3O5S/c23-14(10-13-6-7-20-17(25)16(13)24)15(18-21-8-9-28-18)22-19(26)27-11-12-4-2-1-3-5-12/h1-5,8-9,13,15H,6-7,10-11H2,(H,20,25)(H,22,26). The topological polar surface area (TPSA) is 114 Å². The molecule has 0 saturated carbocycles. The smallest absolute Gasteiger partial charge is 0.408 e. The van der Waals surface area contributed by atoms with Gasteiger partial charge in [-0.1, -0.05) is 30.3 Å². The van der Waals surface area contributed by atoms with Crippen molar-refractivity contribution in [3.8, 4) is 0 Å². The molecule has 2 amide bonds. The highest BCUT2D eigenvalue weighted by Crippen LogP contribution is 2.23. The number of ketones is 2. The van der Waals surface area contributed by atoms with E-state index in [1.54, 1.807) is 5.38 Å². The molecule has 1 aromatic heterocycles. The number of amides is 2. The largest absolute Gasteiger partial charge is 0.445 e. The summed E-state index contributed by atoms with van der Waals surface area (Å²) in [5, 5.41) is 7.07. The lowest BCUT2D eigenvalue weighted by molar-refractivity contribution is -0.143. The zero-order valence-corrected chi connectivity index (χ0v) is 15.7. The normalized spacial score (nSPS) is 17.5. The summed E-state index contributed by atoms with van der Waals surface area (Å²) < 4.78 is 5.18. The molecule has 8 nitrogen and oxygen atoms in total. The molecule has 9 heteroatoms. The lowest BCUT2D eigenvalue weighted by atomic mass is 9.89. The predicted molar refractivity (Wildman–Crippen MR) is 100 cm³/mol. The molecule has 1 aliphatic heterocycles. The summed E-state index contributed by atoms with van der Waals surface area (Å²) in [6.07, 6.45) is 1.01. The number of piperidine rings is 1. The summed E-state index contributed by atoms with van der Waals surface area (Å²) in [6, 6.07) is 8.12. The van der Waals surface area contributed by atoms with Crippen LogP contribution in [0.4, 0.5) is 4.79 Å². The Morgan fingerprint density at radius 3 is 2.79 bits per heavy atom. The average molecular weight is 401 g/mol. The molecule has 28 heavy (non-hydrogen) atoms. The molecular weight excluding hydrogens is 382 g/mol. The van der Waals surface area contributed by atoms with Gasteiger partial charge >= 0.3 is 6.09 Å². The molecule has 1 saturated heterocycles. The molecule has 0 aliphatic carbocycles. The Kier molecular flexibility index (Phi) is 6.49. The van der Waals surface area contributed by atoms with E-state index in [4.69, 9.17) is 4.74 Å². The Labute approximate surface area is 165 Å². The van der Waals surface area contributed by atoms with E-state index in [-0.39, 0.29) is 18.8 Å². The van der Waals surface area contributed by atoms with E-state index >= 15 is 0 Å². The number of ether oxygens (including phenoxy) is 1. The van der Waals surface area contributed by atoms with Crippen molar-refractivity contribution in [2.45, 2.75) is 25.5 Å². The summed E-state index contributed by atoms with van der Waals surface area (Å²) in [5.74, 6) is -2.36. The highest BCUT2D eigenvalue weighted by atomic mass is 32.1. The number of hydrogen-bond donors (Lipinski definition) is 2. The Hall–Kier alpha value is -3.07. The van der Waals surface area contributed by atoms with Crippen LogP contribution in [0.2, 0.25) is 0 Å². The van der Waals surface area contributed by atoms with Crippen LogP contribution in [0.1, 0.15) is 29.5 Å².